The van der Waals surface area contributed by atoms with E-state index in [9.17, 15) is 8.42 Å². The SMILES string of the molecule is CCN(c1ccccc1OC)S(=O)(=O)c1ccc(OC)c(Cl)c1Cl. The zero-order valence-electron chi connectivity index (χ0n) is 13.4. The molecule has 0 saturated carbocycles. The van der Waals surface area contributed by atoms with Gasteiger partial charge < -0.3 is 9.47 Å². The van der Waals surface area contributed by atoms with Crippen LogP contribution in [0.5, 0.6) is 11.5 Å². The lowest BCUT2D eigenvalue weighted by molar-refractivity contribution is 0.414. The van der Waals surface area contributed by atoms with E-state index in [2.05, 4.69) is 0 Å². The van der Waals surface area contributed by atoms with Gasteiger partial charge in [0.05, 0.1) is 24.9 Å². The Balaban J connectivity index is 2.62. The maximum Gasteiger partial charge on any atom is 0.265 e. The van der Waals surface area contributed by atoms with Gasteiger partial charge in [0.15, 0.2) is 0 Å². The fourth-order valence-corrected chi connectivity index (χ4v) is 4.60. The average Bonchev–Trinajstić information content (AvgIpc) is 2.58. The molecule has 0 heterocycles. The van der Waals surface area contributed by atoms with Gasteiger partial charge in [-0.25, -0.2) is 8.42 Å². The molecule has 0 bridgehead atoms. The molecular formula is C16H17Cl2NO4S. The first-order valence-corrected chi connectivity index (χ1v) is 9.25. The van der Waals surface area contributed by atoms with Crippen LogP contribution in [0.25, 0.3) is 0 Å². The maximum atomic E-state index is 13.1. The first kappa shape index (κ1) is 18.7. The molecule has 0 atom stereocenters. The minimum absolute atomic E-state index is 0.0521. The van der Waals surface area contributed by atoms with Crippen LogP contribution in [-0.4, -0.2) is 29.2 Å². The van der Waals surface area contributed by atoms with Gasteiger partial charge in [-0.1, -0.05) is 35.3 Å². The third-order valence-corrected chi connectivity index (χ3v) is 6.35. The van der Waals surface area contributed by atoms with E-state index in [0.717, 1.165) is 0 Å². The molecule has 0 aliphatic rings. The molecule has 2 rings (SSSR count). The highest BCUT2D eigenvalue weighted by Crippen LogP contribution is 2.39. The number of benzene rings is 2. The molecular weight excluding hydrogens is 373 g/mol. The lowest BCUT2D eigenvalue weighted by Crippen LogP contribution is -2.31. The van der Waals surface area contributed by atoms with E-state index in [0.29, 0.717) is 17.2 Å². The van der Waals surface area contributed by atoms with Crippen LogP contribution in [0.4, 0.5) is 5.69 Å². The molecule has 0 aliphatic heterocycles. The molecule has 8 heteroatoms. The number of anilines is 1. The second-order valence-electron chi connectivity index (χ2n) is 4.74. The molecule has 0 N–H and O–H groups in total. The zero-order valence-corrected chi connectivity index (χ0v) is 15.7. The largest absolute Gasteiger partial charge is 0.495 e. The van der Waals surface area contributed by atoms with E-state index in [1.54, 1.807) is 31.2 Å². The van der Waals surface area contributed by atoms with Gasteiger partial charge >= 0.3 is 0 Å². The number of ether oxygens (including phenoxy) is 2. The Labute approximate surface area is 151 Å². The highest BCUT2D eigenvalue weighted by atomic mass is 35.5. The van der Waals surface area contributed by atoms with Crippen molar-refractivity contribution in [2.24, 2.45) is 0 Å². The topological polar surface area (TPSA) is 55.8 Å². The summed E-state index contributed by atoms with van der Waals surface area (Å²) in [7, 11) is -1.02. The molecule has 2 aromatic carbocycles. The lowest BCUT2D eigenvalue weighted by atomic mass is 10.3. The van der Waals surface area contributed by atoms with Gasteiger partial charge in [-0.05, 0) is 31.2 Å². The number of sulfonamides is 1. The van der Waals surface area contributed by atoms with Crippen molar-refractivity contribution in [2.75, 3.05) is 25.1 Å². The molecule has 0 saturated heterocycles. The molecule has 0 unspecified atom stereocenters. The quantitative estimate of drug-likeness (QED) is 0.741. The van der Waals surface area contributed by atoms with Gasteiger partial charge in [-0.2, -0.15) is 0 Å². The van der Waals surface area contributed by atoms with Gasteiger partial charge in [0.1, 0.15) is 21.4 Å². The first-order valence-electron chi connectivity index (χ1n) is 7.06. The Hall–Kier alpha value is -1.63. The number of rotatable bonds is 6. The number of halogens is 2. The Morgan fingerprint density at radius 1 is 0.958 bits per heavy atom. The predicted octanol–water partition coefficient (Wildman–Crippen LogP) is 4.23. The number of hydrogen-bond donors (Lipinski definition) is 0. The molecule has 0 radical (unpaired) electrons. The second-order valence-corrected chi connectivity index (χ2v) is 7.32. The van der Waals surface area contributed by atoms with E-state index < -0.39 is 10.0 Å². The lowest BCUT2D eigenvalue weighted by Gasteiger charge is -2.25. The van der Waals surface area contributed by atoms with Crippen LogP contribution >= 0.6 is 23.2 Å². The summed E-state index contributed by atoms with van der Waals surface area (Å²) in [6, 6.07) is 9.70. The zero-order chi connectivity index (χ0) is 17.9. The van der Waals surface area contributed by atoms with Gasteiger partial charge in [0.2, 0.25) is 0 Å². The van der Waals surface area contributed by atoms with Gasteiger partial charge in [-0.3, -0.25) is 4.31 Å². The van der Waals surface area contributed by atoms with Crippen LogP contribution in [0.3, 0.4) is 0 Å². The van der Waals surface area contributed by atoms with Gasteiger partial charge in [0, 0.05) is 6.54 Å². The third-order valence-electron chi connectivity index (χ3n) is 3.44. The third kappa shape index (κ3) is 3.27. The number of methoxy groups -OCH3 is 2. The molecule has 0 aliphatic carbocycles. The normalized spacial score (nSPS) is 11.2. The highest BCUT2D eigenvalue weighted by Gasteiger charge is 2.29. The van der Waals surface area contributed by atoms with Crippen LogP contribution in [0.15, 0.2) is 41.3 Å². The summed E-state index contributed by atoms with van der Waals surface area (Å²) in [5.41, 5.74) is 0.422. The average molecular weight is 390 g/mol. The second kappa shape index (κ2) is 7.51. The van der Waals surface area contributed by atoms with Crippen LogP contribution in [0, 0.1) is 0 Å². The van der Waals surface area contributed by atoms with Crippen LogP contribution in [0.2, 0.25) is 10.0 Å². The summed E-state index contributed by atoms with van der Waals surface area (Å²) in [6.45, 7) is 1.92. The summed E-state index contributed by atoms with van der Waals surface area (Å²) >= 11 is 12.3. The summed E-state index contributed by atoms with van der Waals surface area (Å²) in [5, 5.41) is -0.0271. The molecule has 24 heavy (non-hydrogen) atoms. The van der Waals surface area contributed by atoms with Crippen molar-refractivity contribution < 1.29 is 17.9 Å². The summed E-state index contributed by atoms with van der Waals surface area (Å²) < 4.78 is 37.7. The smallest absolute Gasteiger partial charge is 0.265 e. The summed E-state index contributed by atoms with van der Waals surface area (Å²) in [5.74, 6) is 0.750. The van der Waals surface area contributed by atoms with Crippen LogP contribution < -0.4 is 13.8 Å². The molecule has 130 valence electrons. The van der Waals surface area contributed by atoms with Crippen LogP contribution in [-0.2, 0) is 10.0 Å². The molecule has 2 aromatic rings. The van der Waals surface area contributed by atoms with Crippen LogP contribution in [0.1, 0.15) is 6.92 Å². The summed E-state index contributed by atoms with van der Waals surface area (Å²) in [6.07, 6.45) is 0. The minimum atomic E-state index is -3.93. The van der Waals surface area contributed by atoms with E-state index in [1.165, 1.54) is 30.7 Å². The fourth-order valence-electron chi connectivity index (χ4n) is 2.30. The Morgan fingerprint density at radius 2 is 1.58 bits per heavy atom. The van der Waals surface area contributed by atoms with Gasteiger partial charge in [-0.15, -0.1) is 0 Å². The van der Waals surface area contributed by atoms with E-state index in [-0.39, 0.29) is 21.5 Å². The molecule has 5 nitrogen and oxygen atoms in total. The maximum absolute atomic E-state index is 13.1. The minimum Gasteiger partial charge on any atom is -0.495 e. The van der Waals surface area contributed by atoms with Crippen molar-refractivity contribution in [3.8, 4) is 11.5 Å². The molecule has 0 fully saturated rings. The van der Waals surface area contributed by atoms with Crippen molar-refractivity contribution in [3.05, 3.63) is 46.4 Å². The predicted molar refractivity (Wildman–Crippen MR) is 96.2 cm³/mol. The Kier molecular flexibility index (Phi) is 5.85. The van der Waals surface area contributed by atoms with E-state index in [1.807, 2.05) is 0 Å². The Morgan fingerprint density at radius 3 is 2.17 bits per heavy atom. The van der Waals surface area contributed by atoms with E-state index >= 15 is 0 Å². The van der Waals surface area contributed by atoms with Crippen molar-refractivity contribution >= 4 is 38.9 Å². The summed E-state index contributed by atoms with van der Waals surface area (Å²) in [4.78, 5) is -0.0947. The Bertz CT molecular complexity index is 840. The van der Waals surface area contributed by atoms with Crippen molar-refractivity contribution in [1.82, 2.24) is 0 Å². The van der Waals surface area contributed by atoms with Crippen molar-refractivity contribution in [1.29, 1.82) is 0 Å². The number of nitrogens with zero attached hydrogens (tertiary/aromatic N) is 1. The van der Waals surface area contributed by atoms with Crippen molar-refractivity contribution in [2.45, 2.75) is 11.8 Å². The van der Waals surface area contributed by atoms with Gasteiger partial charge in [0.25, 0.3) is 10.0 Å². The number of hydrogen-bond acceptors (Lipinski definition) is 4. The molecule has 0 amide bonds. The number of para-hydroxylation sites is 2. The standard InChI is InChI=1S/C16H17Cl2NO4S/c1-4-19(11-7-5-6-8-12(11)22-2)24(20,21)14-10-9-13(23-3)15(17)16(14)18/h5-10H,4H2,1-3H3. The highest BCUT2D eigenvalue weighted by molar-refractivity contribution is 7.93. The molecule has 0 spiro atoms. The van der Waals surface area contributed by atoms with Crippen molar-refractivity contribution in [3.63, 3.8) is 0 Å². The first-order chi connectivity index (χ1) is 11.4. The van der Waals surface area contributed by atoms with E-state index in [4.69, 9.17) is 32.7 Å². The fraction of sp³-hybridized carbons (Fsp3) is 0.250. The molecule has 0 aromatic heterocycles. The monoisotopic (exact) mass is 389 g/mol.